The molecule has 3 nitrogen and oxygen atoms in total. The molecular weight excluding hydrogens is 367 g/mol. The molecule has 3 fully saturated rings. The van der Waals surface area contributed by atoms with Crippen molar-refractivity contribution in [1.29, 1.82) is 0 Å². The van der Waals surface area contributed by atoms with E-state index in [0.29, 0.717) is 17.9 Å². The van der Waals surface area contributed by atoms with Gasteiger partial charge in [0, 0.05) is 36.6 Å². The maximum Gasteiger partial charge on any atom is 0.225 e. The van der Waals surface area contributed by atoms with Gasteiger partial charge in [0.15, 0.2) is 0 Å². The van der Waals surface area contributed by atoms with Crippen LogP contribution in [0.5, 0.6) is 0 Å². The van der Waals surface area contributed by atoms with Gasteiger partial charge in [-0.3, -0.25) is 9.69 Å². The molecule has 1 aliphatic carbocycles. The second-order valence-corrected chi connectivity index (χ2v) is 8.62. The first-order valence-corrected chi connectivity index (χ1v) is 10.3. The molecule has 0 radical (unpaired) electrons. The summed E-state index contributed by atoms with van der Waals surface area (Å²) in [6.07, 6.45) is 6.93. The average molecular weight is 397 g/mol. The van der Waals surface area contributed by atoms with Gasteiger partial charge in [-0.05, 0) is 75.1 Å². The minimum absolute atomic E-state index is 0. The van der Waals surface area contributed by atoms with Crippen molar-refractivity contribution in [2.24, 2.45) is 5.92 Å². The van der Waals surface area contributed by atoms with Crippen LogP contribution in [0, 0.1) is 5.92 Å². The first-order valence-electron chi connectivity index (χ1n) is 9.93. The zero-order valence-electron chi connectivity index (χ0n) is 15.6. The van der Waals surface area contributed by atoms with E-state index in [4.69, 9.17) is 11.6 Å². The first-order chi connectivity index (χ1) is 12.1. The number of benzene rings is 1. The van der Waals surface area contributed by atoms with Crippen molar-refractivity contribution < 1.29 is 4.79 Å². The lowest BCUT2D eigenvalue weighted by Crippen LogP contribution is -2.39. The van der Waals surface area contributed by atoms with Gasteiger partial charge in [0.25, 0.3) is 0 Å². The number of hydrogen-bond donors (Lipinski definition) is 0. The summed E-state index contributed by atoms with van der Waals surface area (Å²) in [5, 5.41) is 0.894. The van der Waals surface area contributed by atoms with Crippen LogP contribution in [0.3, 0.4) is 0 Å². The smallest absolute Gasteiger partial charge is 0.225 e. The Balaban J connectivity index is 0.00000196. The Morgan fingerprint density at radius 1 is 1.15 bits per heavy atom. The van der Waals surface area contributed by atoms with Crippen LogP contribution in [0.2, 0.25) is 5.02 Å². The molecule has 3 aliphatic rings. The Labute approximate surface area is 168 Å². The van der Waals surface area contributed by atoms with E-state index in [2.05, 4.69) is 34.9 Å². The van der Waals surface area contributed by atoms with Crippen LogP contribution in [-0.4, -0.2) is 41.4 Å². The third-order valence-electron chi connectivity index (χ3n) is 6.52. The van der Waals surface area contributed by atoms with Crippen LogP contribution < -0.4 is 0 Å². The molecule has 1 atom stereocenters. The van der Waals surface area contributed by atoms with Crippen LogP contribution in [0.4, 0.5) is 0 Å². The molecule has 2 aliphatic heterocycles. The summed E-state index contributed by atoms with van der Waals surface area (Å²) in [4.78, 5) is 17.0. The van der Waals surface area contributed by atoms with Gasteiger partial charge in [-0.15, -0.1) is 12.4 Å². The predicted octanol–water partition coefficient (Wildman–Crippen LogP) is 4.86. The SMILES string of the molecule is C[C@@H]1CCCN1Cc1ccc(C2CC(C(=O)N3CCCC3)C2)cc1Cl.Cl. The van der Waals surface area contributed by atoms with Crippen molar-refractivity contribution in [1.82, 2.24) is 9.80 Å². The van der Waals surface area contributed by atoms with E-state index in [-0.39, 0.29) is 18.3 Å². The molecule has 1 saturated carbocycles. The van der Waals surface area contributed by atoms with E-state index in [9.17, 15) is 4.79 Å². The number of nitrogens with zero attached hydrogens (tertiary/aromatic N) is 2. The summed E-state index contributed by atoms with van der Waals surface area (Å²) in [5.41, 5.74) is 2.55. The van der Waals surface area contributed by atoms with Crippen LogP contribution in [0.15, 0.2) is 18.2 Å². The van der Waals surface area contributed by atoms with Gasteiger partial charge < -0.3 is 4.90 Å². The molecule has 0 N–H and O–H groups in total. The number of amides is 1. The molecule has 0 unspecified atom stereocenters. The Morgan fingerprint density at radius 3 is 2.50 bits per heavy atom. The van der Waals surface area contributed by atoms with Crippen molar-refractivity contribution in [2.45, 2.75) is 64.0 Å². The van der Waals surface area contributed by atoms with Crippen LogP contribution >= 0.6 is 24.0 Å². The average Bonchev–Trinajstić information content (AvgIpc) is 3.20. The monoisotopic (exact) mass is 396 g/mol. The van der Waals surface area contributed by atoms with Crippen LogP contribution in [-0.2, 0) is 11.3 Å². The highest BCUT2D eigenvalue weighted by molar-refractivity contribution is 6.31. The Morgan fingerprint density at radius 2 is 1.88 bits per heavy atom. The largest absolute Gasteiger partial charge is 0.342 e. The number of carbonyl (C=O) groups is 1. The summed E-state index contributed by atoms with van der Waals surface area (Å²) in [7, 11) is 0. The first kappa shape index (κ1) is 20.0. The van der Waals surface area contributed by atoms with Gasteiger partial charge in [-0.1, -0.05) is 23.7 Å². The summed E-state index contributed by atoms with van der Waals surface area (Å²) in [6.45, 7) is 6.38. The molecule has 0 bridgehead atoms. The molecule has 2 saturated heterocycles. The van der Waals surface area contributed by atoms with E-state index in [1.807, 2.05) is 0 Å². The number of likely N-dealkylation sites (tertiary alicyclic amines) is 2. The van der Waals surface area contributed by atoms with E-state index < -0.39 is 0 Å². The Hall–Kier alpha value is -0.770. The molecule has 26 heavy (non-hydrogen) atoms. The van der Waals surface area contributed by atoms with Gasteiger partial charge in [0.05, 0.1) is 0 Å². The molecule has 1 aromatic carbocycles. The zero-order valence-corrected chi connectivity index (χ0v) is 17.2. The second-order valence-electron chi connectivity index (χ2n) is 8.21. The third kappa shape index (κ3) is 4.05. The molecule has 0 spiro atoms. The van der Waals surface area contributed by atoms with Gasteiger partial charge in [-0.2, -0.15) is 0 Å². The number of carbonyl (C=O) groups excluding carboxylic acids is 1. The summed E-state index contributed by atoms with van der Waals surface area (Å²) in [6, 6.07) is 7.26. The number of halogens is 2. The summed E-state index contributed by atoms with van der Waals surface area (Å²) in [5.74, 6) is 1.14. The van der Waals surface area contributed by atoms with Crippen LogP contribution in [0.1, 0.15) is 62.5 Å². The summed E-state index contributed by atoms with van der Waals surface area (Å²) < 4.78 is 0. The van der Waals surface area contributed by atoms with Gasteiger partial charge in [-0.25, -0.2) is 0 Å². The van der Waals surface area contributed by atoms with Crippen molar-refractivity contribution in [3.05, 3.63) is 34.3 Å². The zero-order chi connectivity index (χ0) is 17.4. The van der Waals surface area contributed by atoms with Crippen LogP contribution in [0.25, 0.3) is 0 Å². The lowest BCUT2D eigenvalue weighted by atomic mass is 9.70. The lowest BCUT2D eigenvalue weighted by Gasteiger charge is -2.37. The van der Waals surface area contributed by atoms with Gasteiger partial charge >= 0.3 is 0 Å². The minimum Gasteiger partial charge on any atom is -0.342 e. The fourth-order valence-electron chi connectivity index (χ4n) is 4.68. The molecular formula is C21H30Cl2N2O. The van der Waals surface area contributed by atoms with Crippen molar-refractivity contribution in [3.63, 3.8) is 0 Å². The molecule has 2 heterocycles. The predicted molar refractivity (Wildman–Crippen MR) is 109 cm³/mol. The van der Waals surface area contributed by atoms with Crippen molar-refractivity contribution >= 4 is 29.9 Å². The fourth-order valence-corrected chi connectivity index (χ4v) is 4.93. The second kappa shape index (κ2) is 8.50. The van der Waals surface area contributed by atoms with Gasteiger partial charge in [0.1, 0.15) is 0 Å². The van der Waals surface area contributed by atoms with Crippen molar-refractivity contribution in [2.75, 3.05) is 19.6 Å². The third-order valence-corrected chi connectivity index (χ3v) is 6.87. The Kier molecular flexibility index (Phi) is 6.53. The van der Waals surface area contributed by atoms with E-state index in [0.717, 1.165) is 37.5 Å². The van der Waals surface area contributed by atoms with E-state index in [1.165, 1.54) is 43.4 Å². The molecule has 4 rings (SSSR count). The molecule has 0 aromatic heterocycles. The molecule has 5 heteroatoms. The minimum atomic E-state index is 0. The highest BCUT2D eigenvalue weighted by Gasteiger charge is 2.38. The summed E-state index contributed by atoms with van der Waals surface area (Å²) >= 11 is 6.58. The number of hydrogen-bond acceptors (Lipinski definition) is 2. The molecule has 1 aromatic rings. The standard InChI is InChI=1S/C21H29ClN2O.ClH/c1-15-5-4-10-24(15)14-17-7-6-16(13-20(17)22)18-11-19(12-18)21(25)23-8-2-3-9-23;/h6-7,13,15,18-19H,2-5,8-12,14H2,1H3;1H/t15-,18?,19?;/m1./s1. The maximum absolute atomic E-state index is 12.4. The topological polar surface area (TPSA) is 23.6 Å². The molecule has 1 amide bonds. The fraction of sp³-hybridized carbons (Fsp3) is 0.667. The molecule has 144 valence electrons. The van der Waals surface area contributed by atoms with E-state index >= 15 is 0 Å². The van der Waals surface area contributed by atoms with Crippen molar-refractivity contribution in [3.8, 4) is 0 Å². The van der Waals surface area contributed by atoms with E-state index in [1.54, 1.807) is 0 Å². The normalized spacial score (nSPS) is 28.7. The van der Waals surface area contributed by atoms with Gasteiger partial charge in [0.2, 0.25) is 5.91 Å². The quantitative estimate of drug-likeness (QED) is 0.724. The maximum atomic E-state index is 12.4. The number of rotatable bonds is 4. The lowest BCUT2D eigenvalue weighted by molar-refractivity contribution is -0.137. The highest BCUT2D eigenvalue weighted by atomic mass is 35.5. The highest BCUT2D eigenvalue weighted by Crippen LogP contribution is 2.43. The Bertz CT molecular complexity index is 639.